The minimum atomic E-state index is -4.34. The van der Waals surface area contributed by atoms with Gasteiger partial charge in [-0.05, 0) is 49.3 Å². The molecule has 2 aliphatic carbocycles. The third kappa shape index (κ3) is 2.69. The van der Waals surface area contributed by atoms with Crippen molar-refractivity contribution in [2.24, 2.45) is 11.8 Å². The Labute approximate surface area is 160 Å². The molecule has 1 amide bonds. The monoisotopic (exact) mass is 396 g/mol. The Kier molecular flexibility index (Phi) is 3.75. The first-order chi connectivity index (χ1) is 13.1. The van der Waals surface area contributed by atoms with E-state index in [9.17, 15) is 23.1 Å². The van der Waals surface area contributed by atoms with Crippen molar-refractivity contribution in [3.8, 4) is 0 Å². The first-order valence-electron chi connectivity index (χ1n) is 9.66. The number of ether oxygens (including phenoxy) is 1. The smallest absolute Gasteiger partial charge is 0.356 e. The number of amides is 1. The number of piperidine rings is 1. The van der Waals surface area contributed by atoms with Crippen LogP contribution in [-0.2, 0) is 21.1 Å². The van der Waals surface area contributed by atoms with E-state index in [1.807, 2.05) is 4.90 Å². The van der Waals surface area contributed by atoms with Crippen molar-refractivity contribution in [3.05, 3.63) is 34.9 Å². The topological polar surface area (TPSA) is 61.8 Å². The minimum absolute atomic E-state index is 0.0784. The molecule has 4 aliphatic rings. The summed E-state index contributed by atoms with van der Waals surface area (Å²) in [5.41, 5.74) is 0.0876. The number of aryl methyl sites for hydroxylation is 1. The summed E-state index contributed by atoms with van der Waals surface area (Å²) < 4.78 is 44.2. The second-order valence-electron chi connectivity index (χ2n) is 9.00. The highest BCUT2D eigenvalue weighted by Crippen LogP contribution is 2.60. The van der Waals surface area contributed by atoms with Gasteiger partial charge in [0.2, 0.25) is 12.3 Å². The first-order valence-corrected chi connectivity index (χ1v) is 9.66. The summed E-state index contributed by atoms with van der Waals surface area (Å²) in [6.07, 6.45) is -3.07. The molecule has 3 atom stereocenters. The van der Waals surface area contributed by atoms with E-state index < -0.39 is 18.2 Å². The van der Waals surface area contributed by atoms with Crippen molar-refractivity contribution in [1.29, 1.82) is 0 Å². The van der Waals surface area contributed by atoms with E-state index in [1.165, 1.54) is 13.0 Å². The molecule has 2 saturated carbocycles. The molecule has 0 aromatic heterocycles. The number of alkyl halides is 3. The molecule has 3 unspecified atom stereocenters. The van der Waals surface area contributed by atoms with Crippen LogP contribution in [0.15, 0.2) is 18.2 Å². The maximum absolute atomic E-state index is 13.0. The van der Waals surface area contributed by atoms with Gasteiger partial charge in [0.05, 0.1) is 12.2 Å². The number of fused-ring (bicyclic) bond motifs is 1. The standard InChI is InChI=1S/C20H23F3N2O3/c1-11-4-13(2-3-15(11)20(21,22)23)19-7-14(19)8-25(9-19)16(26)12-5-18(6-12)10-28-17(27)24-18/h2-4,12,14,17,24,27H,5-10H2,1H3. The van der Waals surface area contributed by atoms with E-state index in [0.29, 0.717) is 38.5 Å². The fourth-order valence-electron chi connectivity index (χ4n) is 5.52. The highest BCUT2D eigenvalue weighted by atomic mass is 19.4. The Morgan fingerprint density at radius 2 is 2.07 bits per heavy atom. The molecule has 2 aliphatic heterocycles. The third-order valence-corrected chi connectivity index (χ3v) is 7.13. The summed E-state index contributed by atoms with van der Waals surface area (Å²) in [5.74, 6) is 0.366. The van der Waals surface area contributed by atoms with Gasteiger partial charge in [-0.25, -0.2) is 0 Å². The quantitative estimate of drug-likeness (QED) is 0.804. The summed E-state index contributed by atoms with van der Waals surface area (Å²) >= 11 is 0. The molecule has 4 fully saturated rings. The number of nitrogens with one attached hydrogen (secondary N) is 1. The Bertz CT molecular complexity index is 836. The molecule has 2 N–H and O–H groups in total. The molecule has 8 heteroatoms. The number of likely N-dealkylation sites (tertiary alicyclic amines) is 1. The lowest BCUT2D eigenvalue weighted by Gasteiger charge is -2.44. The Balaban J connectivity index is 1.27. The predicted molar refractivity (Wildman–Crippen MR) is 93.1 cm³/mol. The summed E-state index contributed by atoms with van der Waals surface area (Å²) in [6, 6.07) is 4.41. The van der Waals surface area contributed by atoms with Crippen molar-refractivity contribution in [3.63, 3.8) is 0 Å². The van der Waals surface area contributed by atoms with Gasteiger partial charge in [0.1, 0.15) is 0 Å². The average molecular weight is 396 g/mol. The number of carbonyl (C=O) groups is 1. The van der Waals surface area contributed by atoms with Crippen LogP contribution in [-0.4, -0.2) is 47.6 Å². The van der Waals surface area contributed by atoms with Crippen molar-refractivity contribution in [2.75, 3.05) is 19.7 Å². The molecule has 5 rings (SSSR count). The molecule has 1 spiro atoms. The van der Waals surface area contributed by atoms with Gasteiger partial charge >= 0.3 is 6.18 Å². The zero-order valence-corrected chi connectivity index (χ0v) is 15.6. The van der Waals surface area contributed by atoms with Crippen LogP contribution in [0.3, 0.4) is 0 Å². The van der Waals surface area contributed by atoms with Gasteiger partial charge in [0, 0.05) is 30.0 Å². The molecule has 5 nitrogen and oxygen atoms in total. The Morgan fingerprint density at radius 1 is 1.32 bits per heavy atom. The van der Waals surface area contributed by atoms with E-state index >= 15 is 0 Å². The molecule has 152 valence electrons. The number of hydrogen-bond donors (Lipinski definition) is 2. The van der Waals surface area contributed by atoms with Gasteiger partial charge in [-0.3, -0.25) is 10.1 Å². The number of benzene rings is 1. The van der Waals surface area contributed by atoms with Crippen LogP contribution in [0.2, 0.25) is 0 Å². The van der Waals surface area contributed by atoms with Crippen molar-refractivity contribution >= 4 is 5.91 Å². The second kappa shape index (κ2) is 5.70. The van der Waals surface area contributed by atoms with E-state index in [-0.39, 0.29) is 28.3 Å². The maximum Gasteiger partial charge on any atom is 0.416 e. The summed E-state index contributed by atoms with van der Waals surface area (Å²) in [5, 5.41) is 12.4. The summed E-state index contributed by atoms with van der Waals surface area (Å²) in [6.45, 7) is 3.17. The van der Waals surface area contributed by atoms with Crippen LogP contribution >= 0.6 is 0 Å². The zero-order chi connectivity index (χ0) is 19.9. The molecule has 2 saturated heterocycles. The van der Waals surface area contributed by atoms with Crippen molar-refractivity contribution < 1.29 is 27.8 Å². The fourth-order valence-corrected chi connectivity index (χ4v) is 5.52. The van der Waals surface area contributed by atoms with Crippen LogP contribution in [0.5, 0.6) is 0 Å². The first kappa shape index (κ1) is 18.4. The molecule has 0 bridgehead atoms. The minimum Gasteiger partial charge on any atom is -0.356 e. The lowest BCUT2D eigenvalue weighted by atomic mass is 9.68. The number of halogens is 3. The maximum atomic E-state index is 13.0. The zero-order valence-electron chi connectivity index (χ0n) is 15.6. The largest absolute Gasteiger partial charge is 0.416 e. The molecular formula is C20H23F3N2O3. The van der Waals surface area contributed by atoms with Gasteiger partial charge in [0.15, 0.2) is 0 Å². The third-order valence-electron chi connectivity index (χ3n) is 7.13. The number of nitrogens with zero attached hydrogens (tertiary/aromatic N) is 1. The normalized spacial score (nSPS) is 39.2. The van der Waals surface area contributed by atoms with Crippen LogP contribution < -0.4 is 5.32 Å². The van der Waals surface area contributed by atoms with Crippen LogP contribution in [0.25, 0.3) is 0 Å². The number of aliphatic hydroxyl groups excluding tert-OH is 1. The SMILES string of the molecule is Cc1cc(C23CC2CN(C(=O)C2CC4(COC(O)N4)C2)C3)ccc1C(F)(F)F. The van der Waals surface area contributed by atoms with Gasteiger partial charge in [0.25, 0.3) is 0 Å². The highest BCUT2D eigenvalue weighted by molar-refractivity contribution is 5.81. The van der Waals surface area contributed by atoms with Crippen LogP contribution in [0.1, 0.15) is 36.0 Å². The second-order valence-corrected chi connectivity index (χ2v) is 9.00. The number of carbonyl (C=O) groups excluding carboxylic acids is 1. The molecule has 1 aromatic rings. The van der Waals surface area contributed by atoms with Gasteiger partial charge in [-0.15, -0.1) is 0 Å². The van der Waals surface area contributed by atoms with E-state index in [1.54, 1.807) is 12.1 Å². The molecule has 2 heterocycles. The van der Waals surface area contributed by atoms with Crippen molar-refractivity contribution in [1.82, 2.24) is 10.2 Å². The van der Waals surface area contributed by atoms with Crippen molar-refractivity contribution in [2.45, 2.75) is 49.7 Å². The van der Waals surface area contributed by atoms with E-state index in [4.69, 9.17) is 4.74 Å². The Hall–Kier alpha value is -1.64. The Morgan fingerprint density at radius 3 is 2.68 bits per heavy atom. The molecule has 28 heavy (non-hydrogen) atoms. The van der Waals surface area contributed by atoms with Gasteiger partial charge < -0.3 is 14.7 Å². The lowest BCUT2D eigenvalue weighted by molar-refractivity contribution is -0.140. The summed E-state index contributed by atoms with van der Waals surface area (Å²) in [7, 11) is 0. The van der Waals surface area contributed by atoms with Gasteiger partial charge in [-0.2, -0.15) is 13.2 Å². The molecular weight excluding hydrogens is 373 g/mol. The fraction of sp³-hybridized carbons (Fsp3) is 0.650. The number of aliphatic hydroxyl groups is 1. The van der Waals surface area contributed by atoms with Crippen LogP contribution in [0.4, 0.5) is 13.2 Å². The van der Waals surface area contributed by atoms with E-state index in [0.717, 1.165) is 12.0 Å². The average Bonchev–Trinajstić information content (AvgIpc) is 2.95. The highest BCUT2D eigenvalue weighted by Gasteiger charge is 2.63. The molecule has 0 radical (unpaired) electrons. The van der Waals surface area contributed by atoms with Crippen LogP contribution in [0, 0.1) is 18.8 Å². The van der Waals surface area contributed by atoms with Gasteiger partial charge in [-0.1, -0.05) is 12.1 Å². The summed E-state index contributed by atoms with van der Waals surface area (Å²) in [4.78, 5) is 14.8. The number of hydrogen-bond acceptors (Lipinski definition) is 4. The lowest BCUT2D eigenvalue weighted by Crippen LogP contribution is -2.58. The van der Waals surface area contributed by atoms with E-state index in [2.05, 4.69) is 5.32 Å². The predicted octanol–water partition coefficient (Wildman–Crippen LogP) is 2.16. The number of rotatable bonds is 2. The molecule has 1 aromatic carbocycles.